The average Bonchev–Trinajstić information content (AvgIpc) is 2.81. The molecule has 0 aliphatic carbocycles. The number of piperidine rings is 1. The van der Waals surface area contributed by atoms with Crippen LogP contribution in [-0.2, 0) is 11.2 Å². The van der Waals surface area contributed by atoms with Gasteiger partial charge in [0.05, 0.1) is 6.67 Å². The molecule has 1 aromatic rings. The standard InChI is InChI=1S/C27H45FN4O3/c1-27(2,3)35-26(34)30-19-14-22-10-12-23(13-11-22)31-24-15-20-32(21-16-24)25(33)29-18-9-7-5-4-6-8-17-28/h10-13,24,31H,4-9,14-21H2,1-3H3,(H,29,33)(H,30,34). The molecule has 35 heavy (non-hydrogen) atoms. The lowest BCUT2D eigenvalue weighted by molar-refractivity contribution is 0.0528. The SMILES string of the molecule is CC(C)(C)OC(=O)NCCc1ccc(NC2CCN(C(=O)NCCCCCCCCF)CC2)cc1. The zero-order valence-corrected chi connectivity index (χ0v) is 21.8. The fourth-order valence-corrected chi connectivity index (χ4v) is 4.09. The van der Waals surface area contributed by atoms with E-state index < -0.39 is 11.7 Å². The first kappa shape index (κ1) is 28.7. The summed E-state index contributed by atoms with van der Waals surface area (Å²) < 4.78 is 17.3. The number of nitrogens with one attached hydrogen (secondary N) is 3. The van der Waals surface area contributed by atoms with Gasteiger partial charge in [0.1, 0.15) is 5.60 Å². The Balaban J connectivity index is 1.58. The molecule has 0 atom stereocenters. The van der Waals surface area contributed by atoms with E-state index in [0.29, 0.717) is 25.6 Å². The number of urea groups is 1. The van der Waals surface area contributed by atoms with E-state index in [9.17, 15) is 14.0 Å². The first-order valence-corrected chi connectivity index (χ1v) is 13.2. The maximum atomic E-state index is 12.4. The smallest absolute Gasteiger partial charge is 0.407 e. The molecule has 8 heteroatoms. The van der Waals surface area contributed by atoms with E-state index in [1.165, 1.54) is 0 Å². The molecule has 1 heterocycles. The lowest BCUT2D eigenvalue weighted by Crippen LogP contribution is -2.47. The molecular weight excluding hydrogens is 447 g/mol. The number of hydrogen-bond donors (Lipinski definition) is 3. The zero-order valence-electron chi connectivity index (χ0n) is 21.8. The van der Waals surface area contributed by atoms with Crippen LogP contribution in [0.3, 0.4) is 0 Å². The number of carbonyl (C=O) groups is 2. The molecule has 3 N–H and O–H groups in total. The highest BCUT2D eigenvalue weighted by atomic mass is 19.1. The van der Waals surface area contributed by atoms with Gasteiger partial charge in [0.15, 0.2) is 0 Å². The number of carbonyl (C=O) groups excluding carboxylic acids is 2. The molecule has 198 valence electrons. The maximum Gasteiger partial charge on any atom is 0.407 e. The van der Waals surface area contributed by atoms with Gasteiger partial charge < -0.3 is 25.6 Å². The van der Waals surface area contributed by atoms with Crippen molar-refractivity contribution in [1.82, 2.24) is 15.5 Å². The number of halogens is 1. The summed E-state index contributed by atoms with van der Waals surface area (Å²) >= 11 is 0. The van der Waals surface area contributed by atoms with Crippen molar-refractivity contribution in [2.45, 2.75) is 90.2 Å². The number of unbranched alkanes of at least 4 members (excludes halogenated alkanes) is 5. The van der Waals surface area contributed by atoms with Crippen molar-refractivity contribution < 1.29 is 18.7 Å². The Bertz CT molecular complexity index is 744. The molecule has 1 aliphatic rings. The van der Waals surface area contributed by atoms with Gasteiger partial charge in [-0.1, -0.05) is 37.8 Å². The molecule has 0 aromatic heterocycles. The first-order chi connectivity index (χ1) is 16.8. The number of nitrogens with zero attached hydrogens (tertiary/aromatic N) is 1. The minimum Gasteiger partial charge on any atom is -0.444 e. The molecule has 0 spiro atoms. The summed E-state index contributed by atoms with van der Waals surface area (Å²) in [6.07, 6.45) is 8.06. The van der Waals surface area contributed by atoms with Gasteiger partial charge in [-0.15, -0.1) is 0 Å². The molecule has 1 saturated heterocycles. The lowest BCUT2D eigenvalue weighted by atomic mass is 10.0. The monoisotopic (exact) mass is 492 g/mol. The Morgan fingerprint density at radius 2 is 1.57 bits per heavy atom. The Morgan fingerprint density at radius 1 is 0.943 bits per heavy atom. The van der Waals surface area contributed by atoms with Crippen LogP contribution in [0.15, 0.2) is 24.3 Å². The highest BCUT2D eigenvalue weighted by molar-refractivity contribution is 5.74. The van der Waals surface area contributed by atoms with Crippen molar-refractivity contribution in [2.75, 3.05) is 38.2 Å². The summed E-state index contributed by atoms with van der Waals surface area (Å²) in [6, 6.07) is 8.66. The van der Waals surface area contributed by atoms with Crippen LogP contribution in [0, 0.1) is 0 Å². The van der Waals surface area contributed by atoms with Crippen LogP contribution in [0.5, 0.6) is 0 Å². The van der Waals surface area contributed by atoms with E-state index in [0.717, 1.165) is 75.7 Å². The molecule has 1 fully saturated rings. The Labute approximate surface area is 210 Å². The van der Waals surface area contributed by atoms with Crippen molar-refractivity contribution in [3.8, 4) is 0 Å². The van der Waals surface area contributed by atoms with Crippen molar-refractivity contribution in [2.24, 2.45) is 0 Å². The number of amides is 3. The Hall–Kier alpha value is -2.51. The minimum atomic E-state index is -0.490. The van der Waals surface area contributed by atoms with Crippen LogP contribution >= 0.6 is 0 Å². The summed E-state index contributed by atoms with van der Waals surface area (Å²) in [5.74, 6) is 0. The van der Waals surface area contributed by atoms with Crippen molar-refractivity contribution in [3.63, 3.8) is 0 Å². The van der Waals surface area contributed by atoms with Gasteiger partial charge in [0.25, 0.3) is 0 Å². The van der Waals surface area contributed by atoms with E-state index in [-0.39, 0.29) is 12.7 Å². The number of alkyl halides is 1. The van der Waals surface area contributed by atoms with Crippen molar-refractivity contribution in [1.29, 1.82) is 0 Å². The summed E-state index contributed by atoms with van der Waals surface area (Å²) in [5.41, 5.74) is 1.73. The second kappa shape index (κ2) is 15.5. The highest BCUT2D eigenvalue weighted by Gasteiger charge is 2.22. The van der Waals surface area contributed by atoms with Crippen molar-refractivity contribution in [3.05, 3.63) is 29.8 Å². The van der Waals surface area contributed by atoms with Gasteiger partial charge in [0, 0.05) is 37.9 Å². The fraction of sp³-hybridized carbons (Fsp3) is 0.704. The molecule has 0 saturated carbocycles. The van der Waals surface area contributed by atoms with E-state index in [1.807, 2.05) is 25.7 Å². The predicted molar refractivity (Wildman–Crippen MR) is 140 cm³/mol. The van der Waals surface area contributed by atoms with Crippen LogP contribution in [0.4, 0.5) is 19.7 Å². The number of benzene rings is 1. The molecule has 0 radical (unpaired) electrons. The van der Waals surface area contributed by atoms with Crippen LogP contribution < -0.4 is 16.0 Å². The molecule has 0 unspecified atom stereocenters. The van der Waals surface area contributed by atoms with Gasteiger partial charge >= 0.3 is 12.1 Å². The number of anilines is 1. The molecule has 0 bridgehead atoms. The van der Waals surface area contributed by atoms with Gasteiger partial charge in [-0.25, -0.2) is 9.59 Å². The van der Waals surface area contributed by atoms with Crippen molar-refractivity contribution >= 4 is 17.8 Å². The van der Waals surface area contributed by atoms with Gasteiger partial charge in [-0.2, -0.15) is 0 Å². The van der Waals surface area contributed by atoms with E-state index in [4.69, 9.17) is 4.74 Å². The molecule has 1 aromatic carbocycles. The van der Waals surface area contributed by atoms with Gasteiger partial charge in [0.2, 0.25) is 0 Å². The molecule has 7 nitrogen and oxygen atoms in total. The first-order valence-electron chi connectivity index (χ1n) is 13.2. The average molecular weight is 493 g/mol. The normalized spacial score (nSPS) is 14.5. The van der Waals surface area contributed by atoms with Crippen LogP contribution in [0.1, 0.15) is 77.7 Å². The third-order valence-corrected chi connectivity index (χ3v) is 6.03. The topological polar surface area (TPSA) is 82.7 Å². The number of ether oxygens (including phenoxy) is 1. The zero-order chi connectivity index (χ0) is 25.5. The second-order valence-corrected chi connectivity index (χ2v) is 10.3. The summed E-state index contributed by atoms with van der Waals surface area (Å²) in [4.78, 5) is 26.0. The molecule has 1 aliphatic heterocycles. The fourth-order valence-electron chi connectivity index (χ4n) is 4.09. The predicted octanol–water partition coefficient (Wildman–Crippen LogP) is 5.65. The maximum absolute atomic E-state index is 12.4. The van der Waals surface area contributed by atoms with E-state index in [2.05, 4.69) is 40.2 Å². The summed E-state index contributed by atoms with van der Waals surface area (Å²) in [6.45, 7) is 8.07. The third-order valence-electron chi connectivity index (χ3n) is 6.03. The summed E-state index contributed by atoms with van der Waals surface area (Å²) in [7, 11) is 0. The van der Waals surface area contributed by atoms with Crippen LogP contribution in [-0.4, -0.2) is 61.5 Å². The largest absolute Gasteiger partial charge is 0.444 e. The van der Waals surface area contributed by atoms with E-state index >= 15 is 0 Å². The molecule has 2 rings (SSSR count). The minimum absolute atomic E-state index is 0.0326. The number of hydrogen-bond acceptors (Lipinski definition) is 4. The molecule has 3 amide bonds. The summed E-state index contributed by atoms with van der Waals surface area (Å²) in [5, 5.41) is 9.39. The quantitative estimate of drug-likeness (QED) is 0.311. The Kier molecular flexibility index (Phi) is 12.7. The highest BCUT2D eigenvalue weighted by Crippen LogP contribution is 2.18. The molecular formula is C27H45FN4O3. The van der Waals surface area contributed by atoms with E-state index in [1.54, 1.807) is 0 Å². The Morgan fingerprint density at radius 3 is 2.20 bits per heavy atom. The number of alkyl carbamates (subject to hydrolysis) is 1. The third kappa shape index (κ3) is 12.7. The lowest BCUT2D eigenvalue weighted by Gasteiger charge is -2.33. The number of likely N-dealkylation sites (tertiary alicyclic amines) is 1. The number of rotatable bonds is 13. The van der Waals surface area contributed by atoms with Crippen LogP contribution in [0.25, 0.3) is 0 Å². The van der Waals surface area contributed by atoms with Gasteiger partial charge in [-0.3, -0.25) is 4.39 Å². The van der Waals surface area contributed by atoms with Crippen LogP contribution in [0.2, 0.25) is 0 Å². The van der Waals surface area contributed by atoms with Gasteiger partial charge in [-0.05, 0) is 70.6 Å². The second-order valence-electron chi connectivity index (χ2n) is 10.3.